The number of pyridine rings is 1. The summed E-state index contributed by atoms with van der Waals surface area (Å²) < 4.78 is 1.03. The fourth-order valence-electron chi connectivity index (χ4n) is 1.48. The smallest absolute Gasteiger partial charge is 0.142 e. The van der Waals surface area contributed by atoms with Crippen molar-refractivity contribution in [2.75, 3.05) is 5.32 Å². The van der Waals surface area contributed by atoms with Gasteiger partial charge in [-0.05, 0) is 47.7 Å². The summed E-state index contributed by atoms with van der Waals surface area (Å²) in [5, 5.41) is 12.2. The van der Waals surface area contributed by atoms with Crippen LogP contribution in [0.3, 0.4) is 0 Å². The first kappa shape index (κ1) is 11.9. The number of aromatic nitrogens is 1. The number of anilines is 2. The van der Waals surface area contributed by atoms with E-state index >= 15 is 0 Å². The van der Waals surface area contributed by atoms with Crippen molar-refractivity contribution in [2.45, 2.75) is 6.92 Å². The number of rotatable bonds is 2. The van der Waals surface area contributed by atoms with Gasteiger partial charge in [0.1, 0.15) is 11.8 Å². The molecule has 2 aromatic rings. The Morgan fingerprint density at radius 3 is 2.65 bits per heavy atom. The molecule has 1 aromatic heterocycles. The van der Waals surface area contributed by atoms with Crippen LogP contribution in [0.2, 0.25) is 0 Å². The van der Waals surface area contributed by atoms with E-state index in [1.165, 1.54) is 0 Å². The Morgan fingerprint density at radius 1 is 1.29 bits per heavy atom. The van der Waals surface area contributed by atoms with Crippen LogP contribution in [0.5, 0.6) is 0 Å². The number of hydrogen-bond acceptors (Lipinski definition) is 3. The summed E-state index contributed by atoms with van der Waals surface area (Å²) in [6.07, 6.45) is 0. The van der Waals surface area contributed by atoms with E-state index in [0.29, 0.717) is 5.69 Å². The first-order valence-electron chi connectivity index (χ1n) is 5.10. The number of hydrogen-bond donors (Lipinski definition) is 1. The van der Waals surface area contributed by atoms with Crippen LogP contribution in [0.15, 0.2) is 36.4 Å². The zero-order chi connectivity index (χ0) is 12.3. The van der Waals surface area contributed by atoms with Gasteiger partial charge in [-0.1, -0.05) is 18.2 Å². The minimum atomic E-state index is 0.432. The topological polar surface area (TPSA) is 48.7 Å². The number of halogens is 1. The summed E-state index contributed by atoms with van der Waals surface area (Å²) in [6.45, 7) is 1.90. The number of nitrogens with zero attached hydrogens (tertiary/aromatic N) is 2. The van der Waals surface area contributed by atoms with E-state index in [4.69, 9.17) is 5.26 Å². The number of benzene rings is 1. The second-order valence-corrected chi connectivity index (χ2v) is 4.64. The van der Waals surface area contributed by atoms with Gasteiger partial charge in [0.05, 0.1) is 15.0 Å². The normalized spacial score (nSPS) is 9.71. The molecule has 0 radical (unpaired) electrons. The van der Waals surface area contributed by atoms with E-state index in [1.54, 1.807) is 6.07 Å². The Balaban J connectivity index is 2.39. The molecule has 1 N–H and O–H groups in total. The van der Waals surface area contributed by atoms with Crippen LogP contribution >= 0.6 is 22.6 Å². The molecule has 0 aliphatic rings. The lowest BCUT2D eigenvalue weighted by Crippen LogP contribution is -1.99. The summed E-state index contributed by atoms with van der Waals surface area (Å²) in [5.74, 6) is 0. The second-order valence-electron chi connectivity index (χ2n) is 3.56. The van der Waals surface area contributed by atoms with Gasteiger partial charge in [-0.25, -0.2) is 4.98 Å². The molecule has 1 aromatic carbocycles. The third kappa shape index (κ3) is 2.74. The fourth-order valence-corrected chi connectivity index (χ4v) is 1.89. The first-order chi connectivity index (χ1) is 8.20. The Hall–Kier alpha value is -1.61. The maximum Gasteiger partial charge on any atom is 0.142 e. The van der Waals surface area contributed by atoms with E-state index in [-0.39, 0.29) is 0 Å². The molecule has 0 bridgehead atoms. The summed E-state index contributed by atoms with van der Waals surface area (Å²) >= 11 is 2.23. The van der Waals surface area contributed by atoms with Gasteiger partial charge in [0, 0.05) is 5.69 Å². The van der Waals surface area contributed by atoms with Gasteiger partial charge in [0.15, 0.2) is 0 Å². The lowest BCUT2D eigenvalue weighted by molar-refractivity contribution is 1.15. The molecule has 3 nitrogen and oxygen atoms in total. The number of nitriles is 1. The van der Waals surface area contributed by atoms with Crippen molar-refractivity contribution in [1.29, 1.82) is 5.26 Å². The number of aryl methyl sites for hydroxylation is 1. The third-order valence-corrected chi connectivity index (χ3v) is 3.65. The molecule has 84 valence electrons. The maximum atomic E-state index is 8.90. The predicted molar refractivity (Wildman–Crippen MR) is 76.1 cm³/mol. The Bertz CT molecular complexity index is 573. The highest BCUT2D eigenvalue weighted by Crippen LogP contribution is 2.25. The SMILES string of the molecule is Cc1nc(C#N)cc(Nc2ccccc2)c1I. The highest BCUT2D eigenvalue weighted by molar-refractivity contribution is 14.1. The van der Waals surface area contributed by atoms with Crippen LogP contribution in [0.25, 0.3) is 0 Å². The summed E-state index contributed by atoms with van der Waals surface area (Å²) in [6, 6.07) is 13.7. The van der Waals surface area contributed by atoms with Crippen LogP contribution in [-0.4, -0.2) is 4.98 Å². The minimum absolute atomic E-state index is 0.432. The van der Waals surface area contributed by atoms with E-state index < -0.39 is 0 Å². The lowest BCUT2D eigenvalue weighted by atomic mass is 10.2. The molecule has 2 rings (SSSR count). The molecule has 4 heteroatoms. The van der Waals surface area contributed by atoms with Crippen LogP contribution in [0, 0.1) is 21.8 Å². The highest BCUT2D eigenvalue weighted by atomic mass is 127. The third-order valence-electron chi connectivity index (χ3n) is 2.29. The lowest BCUT2D eigenvalue weighted by Gasteiger charge is -2.10. The monoisotopic (exact) mass is 335 g/mol. The molecule has 17 heavy (non-hydrogen) atoms. The second kappa shape index (κ2) is 5.15. The van der Waals surface area contributed by atoms with Crippen LogP contribution in [0.4, 0.5) is 11.4 Å². The molecule has 1 heterocycles. The number of para-hydroxylation sites is 1. The average molecular weight is 335 g/mol. The maximum absolute atomic E-state index is 8.90. The Kier molecular flexibility index (Phi) is 3.59. The molecule has 0 saturated carbocycles. The molecular formula is C13H10IN3. The molecule has 0 aliphatic heterocycles. The number of nitrogens with one attached hydrogen (secondary N) is 1. The minimum Gasteiger partial charge on any atom is -0.355 e. The summed E-state index contributed by atoms with van der Waals surface area (Å²) in [5.41, 5.74) is 3.21. The Morgan fingerprint density at radius 2 is 2.00 bits per heavy atom. The van der Waals surface area contributed by atoms with Gasteiger partial charge < -0.3 is 5.32 Å². The zero-order valence-electron chi connectivity index (χ0n) is 9.24. The van der Waals surface area contributed by atoms with Crippen LogP contribution < -0.4 is 5.32 Å². The Labute approximate surface area is 114 Å². The standard InChI is InChI=1S/C13H10IN3/c1-9-13(14)12(7-11(8-15)16-9)17-10-5-3-2-4-6-10/h2-7H,1H3,(H,16,17). The van der Waals surface area contributed by atoms with Crippen molar-refractivity contribution in [3.8, 4) is 6.07 Å². The molecule has 0 spiro atoms. The fraction of sp³-hybridized carbons (Fsp3) is 0.0769. The molecular weight excluding hydrogens is 325 g/mol. The van der Waals surface area contributed by atoms with Gasteiger partial charge in [-0.15, -0.1) is 0 Å². The van der Waals surface area contributed by atoms with Gasteiger partial charge in [0.25, 0.3) is 0 Å². The van der Waals surface area contributed by atoms with E-state index in [9.17, 15) is 0 Å². The van der Waals surface area contributed by atoms with E-state index in [2.05, 4.69) is 39.0 Å². The predicted octanol–water partition coefficient (Wildman–Crippen LogP) is 3.61. The van der Waals surface area contributed by atoms with Crippen molar-refractivity contribution in [3.63, 3.8) is 0 Å². The zero-order valence-corrected chi connectivity index (χ0v) is 11.4. The molecule has 0 amide bonds. The quantitative estimate of drug-likeness (QED) is 0.853. The average Bonchev–Trinajstić information content (AvgIpc) is 2.36. The summed E-state index contributed by atoms with van der Waals surface area (Å²) in [4.78, 5) is 4.18. The van der Waals surface area contributed by atoms with Crippen molar-refractivity contribution in [3.05, 3.63) is 51.4 Å². The summed E-state index contributed by atoms with van der Waals surface area (Å²) in [7, 11) is 0. The van der Waals surface area contributed by atoms with E-state index in [0.717, 1.165) is 20.6 Å². The van der Waals surface area contributed by atoms with Crippen molar-refractivity contribution in [2.24, 2.45) is 0 Å². The van der Waals surface area contributed by atoms with Crippen molar-refractivity contribution < 1.29 is 0 Å². The molecule has 0 unspecified atom stereocenters. The van der Waals surface area contributed by atoms with Gasteiger partial charge in [0.2, 0.25) is 0 Å². The van der Waals surface area contributed by atoms with E-state index in [1.807, 2.05) is 37.3 Å². The molecule has 0 aliphatic carbocycles. The van der Waals surface area contributed by atoms with Crippen LogP contribution in [0.1, 0.15) is 11.4 Å². The van der Waals surface area contributed by atoms with Gasteiger partial charge in [-0.2, -0.15) is 5.26 Å². The molecule has 0 atom stereocenters. The van der Waals surface area contributed by atoms with Gasteiger partial charge >= 0.3 is 0 Å². The largest absolute Gasteiger partial charge is 0.355 e. The van der Waals surface area contributed by atoms with Crippen molar-refractivity contribution >= 4 is 34.0 Å². The first-order valence-corrected chi connectivity index (χ1v) is 6.18. The molecule has 0 fully saturated rings. The van der Waals surface area contributed by atoms with Crippen molar-refractivity contribution in [1.82, 2.24) is 4.98 Å². The van der Waals surface area contributed by atoms with Gasteiger partial charge in [-0.3, -0.25) is 0 Å². The molecule has 0 saturated heterocycles. The highest BCUT2D eigenvalue weighted by Gasteiger charge is 2.07. The van der Waals surface area contributed by atoms with Crippen LogP contribution in [-0.2, 0) is 0 Å².